The fraction of sp³-hybridized carbons (Fsp3) is 0.556. The topological polar surface area (TPSA) is 29.5 Å². The zero-order valence-corrected chi connectivity index (χ0v) is 9.47. The van der Waals surface area contributed by atoms with Crippen molar-refractivity contribution >= 4 is 27.3 Å². The number of thiophene rings is 1. The fourth-order valence-electron chi connectivity index (χ4n) is 1.52. The van der Waals surface area contributed by atoms with Crippen molar-refractivity contribution in [3.63, 3.8) is 0 Å². The van der Waals surface area contributed by atoms with Crippen LogP contribution in [0, 0.1) is 5.92 Å². The molecule has 0 saturated carbocycles. The standard InChI is InChI=1S/C9H11BrO2S/c10-8-2-1-7(13-8)9(11)6-3-4-12-5-6/h1-2,6,9,11H,3-5H2/t6-,9-/m1/s1. The van der Waals surface area contributed by atoms with Crippen LogP contribution in [-0.4, -0.2) is 18.3 Å². The maximum absolute atomic E-state index is 9.94. The van der Waals surface area contributed by atoms with E-state index in [0.717, 1.165) is 21.7 Å². The highest BCUT2D eigenvalue weighted by Gasteiger charge is 2.26. The largest absolute Gasteiger partial charge is 0.387 e. The van der Waals surface area contributed by atoms with Crippen LogP contribution >= 0.6 is 27.3 Å². The van der Waals surface area contributed by atoms with Gasteiger partial charge in [0.1, 0.15) is 0 Å². The first kappa shape index (κ1) is 9.65. The Labute approximate surface area is 89.7 Å². The van der Waals surface area contributed by atoms with Gasteiger partial charge in [-0.2, -0.15) is 0 Å². The molecule has 0 aliphatic carbocycles. The summed E-state index contributed by atoms with van der Waals surface area (Å²) in [5.74, 6) is 0.283. The third-order valence-corrected chi connectivity index (χ3v) is 3.99. The van der Waals surface area contributed by atoms with Gasteiger partial charge in [0.05, 0.1) is 16.5 Å². The summed E-state index contributed by atoms with van der Waals surface area (Å²) in [5, 5.41) is 9.94. The molecule has 1 aliphatic rings. The van der Waals surface area contributed by atoms with Crippen molar-refractivity contribution in [2.45, 2.75) is 12.5 Å². The minimum absolute atomic E-state index is 0.283. The van der Waals surface area contributed by atoms with Gasteiger partial charge in [0, 0.05) is 17.4 Å². The van der Waals surface area contributed by atoms with Crippen LogP contribution in [0.3, 0.4) is 0 Å². The smallest absolute Gasteiger partial charge is 0.0933 e. The number of aliphatic hydroxyl groups is 1. The molecule has 2 heterocycles. The highest BCUT2D eigenvalue weighted by molar-refractivity contribution is 9.11. The van der Waals surface area contributed by atoms with Crippen molar-refractivity contribution in [2.24, 2.45) is 5.92 Å². The van der Waals surface area contributed by atoms with Crippen molar-refractivity contribution < 1.29 is 9.84 Å². The molecule has 1 N–H and O–H groups in total. The van der Waals surface area contributed by atoms with Gasteiger partial charge in [0.25, 0.3) is 0 Å². The third-order valence-electron chi connectivity index (χ3n) is 2.30. The lowest BCUT2D eigenvalue weighted by Crippen LogP contribution is -2.10. The quantitative estimate of drug-likeness (QED) is 0.888. The average Bonchev–Trinajstić information content (AvgIpc) is 2.72. The van der Waals surface area contributed by atoms with Gasteiger partial charge in [0.15, 0.2) is 0 Å². The van der Waals surface area contributed by atoms with E-state index in [4.69, 9.17) is 4.74 Å². The monoisotopic (exact) mass is 262 g/mol. The van der Waals surface area contributed by atoms with Gasteiger partial charge in [0.2, 0.25) is 0 Å². The van der Waals surface area contributed by atoms with Crippen LogP contribution in [0.25, 0.3) is 0 Å². The molecule has 0 unspecified atom stereocenters. The summed E-state index contributed by atoms with van der Waals surface area (Å²) < 4.78 is 6.31. The Balaban J connectivity index is 2.07. The maximum atomic E-state index is 9.94. The van der Waals surface area contributed by atoms with E-state index in [1.54, 1.807) is 11.3 Å². The first-order valence-corrected chi connectivity index (χ1v) is 5.89. The first-order chi connectivity index (χ1) is 6.27. The molecule has 1 aromatic rings. The zero-order valence-electron chi connectivity index (χ0n) is 7.07. The van der Waals surface area contributed by atoms with Crippen LogP contribution in [-0.2, 0) is 4.74 Å². The van der Waals surface area contributed by atoms with E-state index < -0.39 is 0 Å². The summed E-state index contributed by atoms with van der Waals surface area (Å²) in [6, 6.07) is 3.94. The Morgan fingerprint density at radius 3 is 3.00 bits per heavy atom. The number of hydrogen-bond donors (Lipinski definition) is 1. The number of hydrogen-bond acceptors (Lipinski definition) is 3. The van der Waals surface area contributed by atoms with Crippen molar-refractivity contribution in [3.05, 3.63) is 20.8 Å². The van der Waals surface area contributed by atoms with Gasteiger partial charge in [-0.05, 0) is 34.5 Å². The Morgan fingerprint density at radius 2 is 2.46 bits per heavy atom. The van der Waals surface area contributed by atoms with E-state index in [-0.39, 0.29) is 12.0 Å². The summed E-state index contributed by atoms with van der Waals surface area (Å²) in [6.45, 7) is 1.48. The molecule has 1 saturated heterocycles. The van der Waals surface area contributed by atoms with Crippen LogP contribution in [0.1, 0.15) is 17.4 Å². The molecule has 2 rings (SSSR count). The number of halogens is 1. The molecule has 0 amide bonds. The van der Waals surface area contributed by atoms with Crippen LogP contribution < -0.4 is 0 Å². The second-order valence-corrected chi connectivity index (χ2v) is 5.70. The van der Waals surface area contributed by atoms with Crippen LogP contribution in [0.5, 0.6) is 0 Å². The van der Waals surface area contributed by atoms with Gasteiger partial charge in [-0.1, -0.05) is 0 Å². The van der Waals surface area contributed by atoms with Gasteiger partial charge in [-0.25, -0.2) is 0 Å². The van der Waals surface area contributed by atoms with Gasteiger partial charge < -0.3 is 9.84 Å². The molecule has 1 fully saturated rings. The minimum atomic E-state index is -0.348. The fourth-order valence-corrected chi connectivity index (χ4v) is 3.02. The summed E-state index contributed by atoms with van der Waals surface area (Å²) in [7, 11) is 0. The van der Waals surface area contributed by atoms with Crippen molar-refractivity contribution in [1.82, 2.24) is 0 Å². The Bertz CT molecular complexity index is 281. The summed E-state index contributed by atoms with van der Waals surface area (Å²) in [5.41, 5.74) is 0. The molecule has 2 atom stereocenters. The Kier molecular flexibility index (Phi) is 3.03. The lowest BCUT2D eigenvalue weighted by Gasteiger charge is -2.13. The molecular weight excluding hydrogens is 252 g/mol. The second kappa shape index (κ2) is 4.09. The third kappa shape index (κ3) is 2.13. The SMILES string of the molecule is O[C@@H](c1ccc(Br)s1)[C@@H]1CCOC1. The van der Waals surface area contributed by atoms with Gasteiger partial charge in [-0.3, -0.25) is 0 Å². The van der Waals surface area contributed by atoms with Crippen molar-refractivity contribution in [1.29, 1.82) is 0 Å². The number of ether oxygens (including phenoxy) is 1. The molecular formula is C9H11BrO2S. The van der Waals surface area contributed by atoms with E-state index in [1.807, 2.05) is 12.1 Å². The highest BCUT2D eigenvalue weighted by atomic mass is 79.9. The molecule has 1 aliphatic heterocycles. The number of aliphatic hydroxyl groups excluding tert-OH is 1. The Morgan fingerprint density at radius 1 is 1.62 bits per heavy atom. The van der Waals surface area contributed by atoms with Crippen molar-refractivity contribution in [2.75, 3.05) is 13.2 Å². The minimum Gasteiger partial charge on any atom is -0.387 e. The lowest BCUT2D eigenvalue weighted by atomic mass is 10.0. The predicted octanol–water partition coefficient (Wildman–Crippen LogP) is 2.58. The van der Waals surface area contributed by atoms with E-state index in [2.05, 4.69) is 15.9 Å². The molecule has 0 spiro atoms. The van der Waals surface area contributed by atoms with Crippen molar-refractivity contribution in [3.8, 4) is 0 Å². The normalized spacial score (nSPS) is 24.9. The van der Waals surface area contributed by atoms with Gasteiger partial charge >= 0.3 is 0 Å². The van der Waals surface area contributed by atoms with Gasteiger partial charge in [-0.15, -0.1) is 11.3 Å². The van der Waals surface area contributed by atoms with E-state index in [0.29, 0.717) is 6.61 Å². The Hall–Kier alpha value is 0.1000. The maximum Gasteiger partial charge on any atom is 0.0933 e. The lowest BCUT2D eigenvalue weighted by molar-refractivity contribution is 0.0945. The summed E-state index contributed by atoms with van der Waals surface area (Å²) in [6.07, 6.45) is 0.621. The summed E-state index contributed by atoms with van der Waals surface area (Å²) in [4.78, 5) is 1.03. The second-order valence-electron chi connectivity index (χ2n) is 3.21. The highest BCUT2D eigenvalue weighted by Crippen LogP contribution is 2.34. The van der Waals surface area contributed by atoms with E-state index in [1.165, 1.54) is 0 Å². The summed E-state index contributed by atoms with van der Waals surface area (Å²) >= 11 is 4.98. The number of rotatable bonds is 2. The zero-order chi connectivity index (χ0) is 9.26. The molecule has 13 heavy (non-hydrogen) atoms. The molecule has 2 nitrogen and oxygen atoms in total. The first-order valence-electron chi connectivity index (χ1n) is 4.28. The predicted molar refractivity (Wildman–Crippen MR) is 55.9 cm³/mol. The molecule has 0 radical (unpaired) electrons. The van der Waals surface area contributed by atoms with E-state index in [9.17, 15) is 5.11 Å². The van der Waals surface area contributed by atoms with Crippen LogP contribution in [0.2, 0.25) is 0 Å². The van der Waals surface area contributed by atoms with Crippen LogP contribution in [0.15, 0.2) is 15.9 Å². The van der Waals surface area contributed by atoms with E-state index >= 15 is 0 Å². The molecule has 1 aromatic heterocycles. The molecule has 72 valence electrons. The molecule has 4 heteroatoms. The van der Waals surface area contributed by atoms with Crippen LogP contribution in [0.4, 0.5) is 0 Å². The molecule has 0 aromatic carbocycles. The molecule has 0 bridgehead atoms. The average molecular weight is 263 g/mol.